The number of carbonyl (C=O) groups is 1. The Morgan fingerprint density at radius 2 is 1.89 bits per heavy atom. The van der Waals surface area contributed by atoms with Gasteiger partial charge in [-0.1, -0.05) is 48.0 Å². The van der Waals surface area contributed by atoms with Crippen LogP contribution in [0.4, 0.5) is 0 Å². The van der Waals surface area contributed by atoms with Crippen molar-refractivity contribution in [2.24, 2.45) is 0 Å². The maximum absolute atomic E-state index is 13.3. The monoisotopic (exact) mass is 414 g/mol. The molecule has 1 atom stereocenters. The number of benzene rings is 2. The molecule has 2 aromatic carbocycles. The summed E-state index contributed by atoms with van der Waals surface area (Å²) < 4.78 is 5.72. The van der Waals surface area contributed by atoms with Gasteiger partial charge in [0.25, 0.3) is 0 Å². The lowest BCUT2D eigenvalue weighted by Crippen LogP contribution is -2.45. The van der Waals surface area contributed by atoms with Gasteiger partial charge < -0.3 is 15.0 Å². The van der Waals surface area contributed by atoms with Crippen molar-refractivity contribution in [2.75, 3.05) is 7.05 Å². The van der Waals surface area contributed by atoms with Crippen LogP contribution in [0.1, 0.15) is 42.7 Å². The van der Waals surface area contributed by atoms with Crippen molar-refractivity contribution in [1.29, 1.82) is 0 Å². The number of Topliss-reactive ketones (excluding diaryl/α,β-unsaturated/α-hetero) is 1. The summed E-state index contributed by atoms with van der Waals surface area (Å²) in [4.78, 5) is 15.1. The molecule has 146 valence electrons. The first-order valence-corrected chi connectivity index (χ1v) is 9.89. The Bertz CT molecular complexity index is 941. The molecular formula is C22H23ClN2O2S. The minimum absolute atomic E-state index is 0.0229. The zero-order valence-electron chi connectivity index (χ0n) is 16.3. The fourth-order valence-electron chi connectivity index (χ4n) is 3.17. The van der Waals surface area contributed by atoms with Crippen molar-refractivity contribution in [1.82, 2.24) is 10.2 Å². The zero-order valence-corrected chi connectivity index (χ0v) is 17.9. The van der Waals surface area contributed by atoms with E-state index in [1.165, 1.54) is 0 Å². The molecule has 0 amide bonds. The van der Waals surface area contributed by atoms with Gasteiger partial charge in [0.15, 0.2) is 10.9 Å². The molecule has 0 bridgehead atoms. The number of hydrogen-bond acceptors (Lipinski definition) is 3. The van der Waals surface area contributed by atoms with E-state index in [-0.39, 0.29) is 17.9 Å². The Kier molecular flexibility index (Phi) is 6.06. The molecule has 0 aliphatic carbocycles. The van der Waals surface area contributed by atoms with Crippen LogP contribution in [0.2, 0.25) is 5.02 Å². The second kappa shape index (κ2) is 8.33. The summed E-state index contributed by atoms with van der Waals surface area (Å²) in [5.41, 5.74) is 2.96. The SMILES string of the molecule is CC1=C(C(=O)c2ccccc2)C(c2ccc(OC(C)C)c(Cl)c2)NC(=S)N1C. The van der Waals surface area contributed by atoms with Gasteiger partial charge in [-0.25, -0.2) is 0 Å². The van der Waals surface area contributed by atoms with Crippen LogP contribution < -0.4 is 10.1 Å². The molecule has 0 aromatic heterocycles. The van der Waals surface area contributed by atoms with E-state index in [0.29, 0.717) is 27.0 Å². The van der Waals surface area contributed by atoms with E-state index in [9.17, 15) is 4.79 Å². The number of ether oxygens (including phenoxy) is 1. The molecule has 3 rings (SSSR count). The summed E-state index contributed by atoms with van der Waals surface area (Å²) in [6.07, 6.45) is 0.0229. The quantitative estimate of drug-likeness (QED) is 0.541. The smallest absolute Gasteiger partial charge is 0.193 e. The lowest BCUT2D eigenvalue weighted by molar-refractivity contribution is 0.102. The fourth-order valence-corrected chi connectivity index (χ4v) is 3.66. The molecule has 0 radical (unpaired) electrons. The third-order valence-corrected chi connectivity index (χ3v) is 5.37. The molecule has 28 heavy (non-hydrogen) atoms. The highest BCUT2D eigenvalue weighted by Gasteiger charge is 2.33. The molecule has 1 unspecified atom stereocenters. The number of rotatable bonds is 5. The first-order valence-electron chi connectivity index (χ1n) is 9.10. The van der Waals surface area contributed by atoms with Crippen molar-refractivity contribution in [3.05, 3.63) is 76.0 Å². The number of carbonyl (C=O) groups excluding carboxylic acids is 1. The molecule has 0 saturated heterocycles. The molecular weight excluding hydrogens is 392 g/mol. The molecule has 0 fully saturated rings. The van der Waals surface area contributed by atoms with Crippen LogP contribution in [0.3, 0.4) is 0 Å². The summed E-state index contributed by atoms with van der Waals surface area (Å²) >= 11 is 11.9. The van der Waals surface area contributed by atoms with E-state index in [1.54, 1.807) is 0 Å². The van der Waals surface area contributed by atoms with Crippen LogP contribution in [0.5, 0.6) is 5.75 Å². The number of thiocarbonyl (C=S) groups is 1. The molecule has 6 heteroatoms. The summed E-state index contributed by atoms with van der Waals surface area (Å²) in [6, 6.07) is 14.4. The molecule has 0 saturated carbocycles. The van der Waals surface area contributed by atoms with Gasteiger partial charge in [0.2, 0.25) is 0 Å². The Hall–Kier alpha value is -2.37. The predicted octanol–water partition coefficient (Wildman–Crippen LogP) is 5.15. The molecule has 1 aliphatic rings. The topological polar surface area (TPSA) is 41.6 Å². The molecule has 2 aromatic rings. The summed E-state index contributed by atoms with van der Waals surface area (Å²) in [5, 5.41) is 4.34. The summed E-state index contributed by atoms with van der Waals surface area (Å²) in [6.45, 7) is 5.81. The third-order valence-electron chi connectivity index (χ3n) is 4.69. The van der Waals surface area contributed by atoms with Gasteiger partial charge in [-0.05, 0) is 50.7 Å². The zero-order chi connectivity index (χ0) is 20.4. The molecule has 1 N–H and O–H groups in total. The Balaban J connectivity index is 2.06. The highest BCUT2D eigenvalue weighted by atomic mass is 35.5. The normalized spacial score (nSPS) is 17.0. The van der Waals surface area contributed by atoms with Gasteiger partial charge in [0, 0.05) is 23.9 Å². The third kappa shape index (κ3) is 4.05. The Morgan fingerprint density at radius 1 is 1.21 bits per heavy atom. The minimum atomic E-state index is -0.387. The average Bonchev–Trinajstić information content (AvgIpc) is 2.67. The van der Waals surface area contributed by atoms with Gasteiger partial charge in [0.1, 0.15) is 5.75 Å². The van der Waals surface area contributed by atoms with Crippen molar-refractivity contribution < 1.29 is 9.53 Å². The maximum atomic E-state index is 13.3. The van der Waals surface area contributed by atoms with Crippen molar-refractivity contribution in [3.63, 3.8) is 0 Å². The van der Waals surface area contributed by atoms with Crippen LogP contribution >= 0.6 is 23.8 Å². The number of halogens is 1. The Labute approximate surface area is 176 Å². The largest absolute Gasteiger partial charge is 0.489 e. The number of nitrogens with one attached hydrogen (secondary N) is 1. The van der Waals surface area contributed by atoms with Gasteiger partial charge in [-0.3, -0.25) is 4.79 Å². The summed E-state index contributed by atoms with van der Waals surface area (Å²) in [5.74, 6) is 0.580. The van der Waals surface area contributed by atoms with Crippen LogP contribution in [0, 0.1) is 0 Å². The van der Waals surface area contributed by atoms with E-state index in [4.69, 9.17) is 28.6 Å². The highest BCUT2D eigenvalue weighted by molar-refractivity contribution is 7.80. The van der Waals surface area contributed by atoms with E-state index < -0.39 is 0 Å². The maximum Gasteiger partial charge on any atom is 0.193 e. The average molecular weight is 415 g/mol. The van der Waals surface area contributed by atoms with Gasteiger partial charge in [-0.15, -0.1) is 0 Å². The molecule has 1 heterocycles. The van der Waals surface area contributed by atoms with Crippen molar-refractivity contribution >= 4 is 34.7 Å². The molecule has 1 aliphatic heterocycles. The van der Waals surface area contributed by atoms with Gasteiger partial charge in [0.05, 0.1) is 17.2 Å². The van der Waals surface area contributed by atoms with Crippen molar-refractivity contribution in [3.8, 4) is 5.75 Å². The van der Waals surface area contributed by atoms with E-state index in [0.717, 1.165) is 11.3 Å². The lowest BCUT2D eigenvalue weighted by atomic mass is 9.89. The van der Waals surface area contributed by atoms with E-state index in [1.807, 2.05) is 81.2 Å². The van der Waals surface area contributed by atoms with Gasteiger partial charge in [-0.2, -0.15) is 0 Å². The first kappa shape index (κ1) is 20.4. The van der Waals surface area contributed by atoms with Crippen LogP contribution in [-0.4, -0.2) is 28.9 Å². The summed E-state index contributed by atoms with van der Waals surface area (Å²) in [7, 11) is 1.85. The number of nitrogens with zero attached hydrogens (tertiary/aromatic N) is 1. The highest BCUT2D eigenvalue weighted by Crippen LogP contribution is 2.35. The Morgan fingerprint density at radius 3 is 2.50 bits per heavy atom. The van der Waals surface area contributed by atoms with E-state index >= 15 is 0 Å². The standard InChI is InChI=1S/C22H23ClN2O2S/c1-13(2)27-18-11-10-16(12-17(18)23)20-19(14(3)25(4)22(28)24-20)21(26)15-8-6-5-7-9-15/h5-13,20H,1-4H3,(H,24,28). The molecule has 4 nitrogen and oxygen atoms in total. The van der Waals surface area contributed by atoms with Crippen LogP contribution in [0.25, 0.3) is 0 Å². The second-order valence-corrected chi connectivity index (χ2v) is 7.79. The predicted molar refractivity (Wildman–Crippen MR) is 117 cm³/mol. The van der Waals surface area contributed by atoms with Gasteiger partial charge >= 0.3 is 0 Å². The van der Waals surface area contributed by atoms with Crippen LogP contribution in [-0.2, 0) is 0 Å². The number of allylic oxidation sites excluding steroid dienone is 1. The molecule has 0 spiro atoms. The first-order chi connectivity index (χ1) is 13.3. The lowest BCUT2D eigenvalue weighted by Gasteiger charge is -2.36. The second-order valence-electron chi connectivity index (χ2n) is 6.99. The number of hydrogen-bond donors (Lipinski definition) is 1. The van der Waals surface area contributed by atoms with Crippen molar-refractivity contribution in [2.45, 2.75) is 32.9 Å². The number of ketones is 1. The van der Waals surface area contributed by atoms with E-state index in [2.05, 4.69) is 5.32 Å². The fraction of sp³-hybridized carbons (Fsp3) is 0.273. The minimum Gasteiger partial charge on any atom is -0.489 e. The van der Waals surface area contributed by atoms with Crippen LogP contribution in [0.15, 0.2) is 59.8 Å².